The molecule has 0 radical (unpaired) electrons. The van der Waals surface area contributed by atoms with Crippen molar-refractivity contribution in [1.82, 2.24) is 0 Å². The maximum atomic E-state index is 10.8. The summed E-state index contributed by atoms with van der Waals surface area (Å²) in [6.45, 7) is 9.77. The van der Waals surface area contributed by atoms with E-state index < -0.39 is 0 Å². The molecule has 0 bridgehead atoms. The lowest BCUT2D eigenvalue weighted by Crippen LogP contribution is -2.21. The Morgan fingerprint density at radius 1 is 1.12 bits per heavy atom. The van der Waals surface area contributed by atoms with E-state index in [0.717, 1.165) is 39.3 Å². The molecule has 0 spiro atoms. The summed E-state index contributed by atoms with van der Waals surface area (Å²) < 4.78 is 9.89. The number of ether oxygens (including phenoxy) is 2. The molecule has 2 rings (SSSR count). The summed E-state index contributed by atoms with van der Waals surface area (Å²) in [4.78, 5) is 10.8. The second-order valence-corrected chi connectivity index (χ2v) is 5.56. The van der Waals surface area contributed by atoms with Crippen LogP contribution in [0, 0.1) is 11.3 Å². The first-order valence-corrected chi connectivity index (χ1v) is 6.36. The van der Waals surface area contributed by atoms with Crippen molar-refractivity contribution < 1.29 is 14.3 Å². The molecule has 0 aromatic rings. The van der Waals surface area contributed by atoms with Crippen LogP contribution < -0.4 is 0 Å². The Labute approximate surface area is 104 Å². The molecule has 0 saturated carbocycles. The molecule has 98 valence electrons. The minimum Gasteiger partial charge on any atom is -0.377 e. The zero-order valence-electron chi connectivity index (χ0n) is 11.2. The Bertz CT molecular complexity index is 248. The molecule has 1 aliphatic carbocycles. The Balaban J connectivity index is 0.000000202. The van der Waals surface area contributed by atoms with E-state index in [2.05, 4.69) is 26.8 Å². The molecular weight excluding hydrogens is 216 g/mol. The Morgan fingerprint density at radius 2 is 1.65 bits per heavy atom. The number of allylic oxidation sites excluding steroid dienone is 2. The highest BCUT2D eigenvalue weighted by Gasteiger charge is 2.24. The van der Waals surface area contributed by atoms with Crippen molar-refractivity contribution in [2.45, 2.75) is 33.6 Å². The number of carbonyl (C=O) groups excluding carboxylic acids is 1. The van der Waals surface area contributed by atoms with Crippen LogP contribution in [0.15, 0.2) is 12.2 Å². The number of ketones is 1. The normalized spacial score (nSPS) is 25.1. The third kappa shape index (κ3) is 5.99. The quantitative estimate of drug-likeness (QED) is 0.653. The van der Waals surface area contributed by atoms with Gasteiger partial charge in [-0.3, -0.25) is 4.79 Å². The molecule has 3 heteroatoms. The van der Waals surface area contributed by atoms with E-state index in [1.165, 1.54) is 0 Å². The predicted octanol–water partition coefficient (Wildman–Crippen LogP) is 2.60. The van der Waals surface area contributed by atoms with Gasteiger partial charge in [-0.1, -0.05) is 26.8 Å². The first-order valence-electron chi connectivity index (χ1n) is 6.36. The largest absolute Gasteiger partial charge is 0.377 e. The smallest absolute Gasteiger partial charge is 0.155 e. The molecule has 3 nitrogen and oxygen atoms in total. The van der Waals surface area contributed by atoms with Gasteiger partial charge in [0.15, 0.2) is 5.78 Å². The van der Waals surface area contributed by atoms with E-state index in [4.69, 9.17) is 9.47 Å². The summed E-state index contributed by atoms with van der Waals surface area (Å²) in [6, 6.07) is 0. The van der Waals surface area contributed by atoms with Crippen molar-refractivity contribution in [2.24, 2.45) is 11.3 Å². The van der Waals surface area contributed by atoms with Crippen LogP contribution in [0.25, 0.3) is 0 Å². The van der Waals surface area contributed by atoms with E-state index in [1.807, 2.05) is 0 Å². The van der Waals surface area contributed by atoms with Crippen LogP contribution >= 0.6 is 0 Å². The molecule has 1 saturated heterocycles. The van der Waals surface area contributed by atoms with Crippen molar-refractivity contribution in [2.75, 3.05) is 26.4 Å². The van der Waals surface area contributed by atoms with E-state index in [9.17, 15) is 4.79 Å². The lowest BCUT2D eigenvalue weighted by atomic mass is 9.75. The summed E-state index contributed by atoms with van der Waals surface area (Å²) in [5, 5.41) is 0. The average Bonchev–Trinajstić information content (AvgIpc) is 2.31. The van der Waals surface area contributed by atoms with Crippen molar-refractivity contribution >= 4 is 5.78 Å². The zero-order valence-corrected chi connectivity index (χ0v) is 11.2. The first-order chi connectivity index (χ1) is 8.00. The zero-order chi connectivity index (χ0) is 12.7. The topological polar surface area (TPSA) is 35.5 Å². The highest BCUT2D eigenvalue weighted by Crippen LogP contribution is 2.32. The Morgan fingerprint density at radius 3 is 1.94 bits per heavy atom. The molecule has 0 aromatic heterocycles. The SMILES string of the molecule is C1COCCO1.CC(C)(C)C1C=CC(=O)CC1. The molecule has 17 heavy (non-hydrogen) atoms. The van der Waals surface area contributed by atoms with E-state index in [0.29, 0.717) is 11.3 Å². The van der Waals surface area contributed by atoms with Crippen LogP contribution in [0.3, 0.4) is 0 Å². The summed E-state index contributed by atoms with van der Waals surface area (Å²) in [5.74, 6) is 0.866. The van der Waals surface area contributed by atoms with Gasteiger partial charge in [0.25, 0.3) is 0 Å². The van der Waals surface area contributed by atoms with Gasteiger partial charge in [0, 0.05) is 6.42 Å². The first kappa shape index (κ1) is 14.4. The summed E-state index contributed by atoms with van der Waals surface area (Å²) >= 11 is 0. The van der Waals surface area contributed by atoms with Gasteiger partial charge in [-0.25, -0.2) is 0 Å². The molecule has 0 N–H and O–H groups in total. The van der Waals surface area contributed by atoms with Gasteiger partial charge >= 0.3 is 0 Å². The molecule has 1 unspecified atom stereocenters. The molecule has 1 atom stereocenters. The van der Waals surface area contributed by atoms with Crippen molar-refractivity contribution in [1.29, 1.82) is 0 Å². The third-order valence-electron chi connectivity index (χ3n) is 3.07. The maximum absolute atomic E-state index is 10.8. The molecular formula is C14H24O3. The number of hydrogen-bond acceptors (Lipinski definition) is 3. The molecule has 1 heterocycles. The molecule has 2 aliphatic rings. The van der Waals surface area contributed by atoms with Gasteiger partial charge in [0.2, 0.25) is 0 Å². The van der Waals surface area contributed by atoms with Crippen LogP contribution in [-0.4, -0.2) is 32.2 Å². The fourth-order valence-electron chi connectivity index (χ4n) is 1.86. The second kappa shape index (κ2) is 6.92. The van der Waals surface area contributed by atoms with Crippen molar-refractivity contribution in [3.8, 4) is 0 Å². The minimum absolute atomic E-state index is 0.283. The lowest BCUT2D eigenvalue weighted by molar-refractivity contribution is -0.115. The number of hydrogen-bond donors (Lipinski definition) is 0. The highest BCUT2D eigenvalue weighted by atomic mass is 16.6. The minimum atomic E-state index is 0.283. The third-order valence-corrected chi connectivity index (χ3v) is 3.07. The highest BCUT2D eigenvalue weighted by molar-refractivity contribution is 5.90. The fourth-order valence-corrected chi connectivity index (χ4v) is 1.86. The summed E-state index contributed by atoms with van der Waals surface area (Å²) in [5.41, 5.74) is 0.317. The van der Waals surface area contributed by atoms with Crippen LogP contribution in [0.4, 0.5) is 0 Å². The van der Waals surface area contributed by atoms with Gasteiger partial charge < -0.3 is 9.47 Å². The van der Waals surface area contributed by atoms with Gasteiger partial charge in [0.1, 0.15) is 0 Å². The van der Waals surface area contributed by atoms with Gasteiger partial charge in [0.05, 0.1) is 26.4 Å². The predicted molar refractivity (Wildman–Crippen MR) is 68.0 cm³/mol. The van der Waals surface area contributed by atoms with E-state index in [1.54, 1.807) is 6.08 Å². The molecule has 0 aromatic carbocycles. The Kier molecular flexibility index (Phi) is 5.86. The summed E-state index contributed by atoms with van der Waals surface area (Å²) in [7, 11) is 0. The lowest BCUT2D eigenvalue weighted by Gasteiger charge is -2.29. The Hall–Kier alpha value is -0.670. The average molecular weight is 240 g/mol. The molecule has 1 aliphatic heterocycles. The molecule has 0 amide bonds. The van der Waals surface area contributed by atoms with Crippen LogP contribution in [-0.2, 0) is 14.3 Å². The van der Waals surface area contributed by atoms with Gasteiger partial charge in [-0.15, -0.1) is 0 Å². The van der Waals surface area contributed by atoms with E-state index in [-0.39, 0.29) is 5.78 Å². The van der Waals surface area contributed by atoms with Gasteiger partial charge in [-0.05, 0) is 23.8 Å². The number of rotatable bonds is 0. The molecule has 1 fully saturated rings. The standard InChI is InChI=1S/C10H16O.C4H8O2/c1-10(2,3)8-4-6-9(11)7-5-8;1-2-6-4-3-5-1/h4,6,8H,5,7H2,1-3H3;1-4H2. The van der Waals surface area contributed by atoms with Crippen LogP contribution in [0.1, 0.15) is 33.6 Å². The second-order valence-electron chi connectivity index (χ2n) is 5.56. The van der Waals surface area contributed by atoms with Crippen molar-refractivity contribution in [3.05, 3.63) is 12.2 Å². The van der Waals surface area contributed by atoms with Gasteiger partial charge in [-0.2, -0.15) is 0 Å². The van der Waals surface area contributed by atoms with Crippen LogP contribution in [0.5, 0.6) is 0 Å². The van der Waals surface area contributed by atoms with Crippen molar-refractivity contribution in [3.63, 3.8) is 0 Å². The van der Waals surface area contributed by atoms with Crippen LogP contribution in [0.2, 0.25) is 0 Å². The maximum Gasteiger partial charge on any atom is 0.155 e. The number of carbonyl (C=O) groups is 1. The summed E-state index contributed by atoms with van der Waals surface area (Å²) in [6.07, 6.45) is 5.56. The fraction of sp³-hybridized carbons (Fsp3) is 0.786. The van der Waals surface area contributed by atoms with E-state index >= 15 is 0 Å². The monoisotopic (exact) mass is 240 g/mol.